The van der Waals surface area contributed by atoms with Crippen molar-refractivity contribution in [3.05, 3.63) is 64.7 Å². The first-order valence-corrected chi connectivity index (χ1v) is 10.2. The molecule has 1 aliphatic carbocycles. The molecule has 0 aromatic heterocycles. The highest BCUT2D eigenvalue weighted by Gasteiger charge is 2.38. The lowest BCUT2D eigenvalue weighted by Crippen LogP contribution is -2.55. The van der Waals surface area contributed by atoms with Gasteiger partial charge in [-0.25, -0.2) is 0 Å². The summed E-state index contributed by atoms with van der Waals surface area (Å²) >= 11 is 5.89. The van der Waals surface area contributed by atoms with Crippen LogP contribution in [0.15, 0.2) is 42.5 Å². The molecule has 0 saturated heterocycles. The molecule has 2 aromatic rings. The molecule has 6 heteroatoms. The average Bonchev–Trinajstić information content (AvgIpc) is 3.16. The molecule has 4 rings (SSSR count). The van der Waals surface area contributed by atoms with Crippen LogP contribution in [0.2, 0.25) is 0 Å². The van der Waals surface area contributed by atoms with Gasteiger partial charge in [0.2, 0.25) is 5.91 Å². The molecule has 0 bridgehead atoms. The maximum atomic E-state index is 12.7. The maximum absolute atomic E-state index is 12.7. The smallest absolute Gasteiger partial charge is 0.239 e. The van der Waals surface area contributed by atoms with E-state index in [1.54, 1.807) is 4.90 Å². The number of fused-ring (bicyclic) bond motifs is 2. The van der Waals surface area contributed by atoms with E-state index in [2.05, 4.69) is 6.07 Å². The number of benzene rings is 2. The Morgan fingerprint density at radius 3 is 2.79 bits per heavy atom. The summed E-state index contributed by atoms with van der Waals surface area (Å²) in [5, 5.41) is 11.1. The van der Waals surface area contributed by atoms with Crippen LogP contribution in [0.1, 0.15) is 34.8 Å². The van der Waals surface area contributed by atoms with Crippen LogP contribution >= 0.6 is 11.6 Å². The van der Waals surface area contributed by atoms with Gasteiger partial charge in [0.1, 0.15) is 11.6 Å². The zero-order chi connectivity index (χ0) is 19.7. The second-order valence-corrected chi connectivity index (χ2v) is 7.77. The van der Waals surface area contributed by atoms with E-state index in [1.165, 1.54) is 5.56 Å². The monoisotopic (exact) mass is 400 g/mol. The van der Waals surface area contributed by atoms with Crippen LogP contribution in [0.5, 0.6) is 5.75 Å². The number of ether oxygens (including phenoxy) is 1. The topological polar surface area (TPSA) is 75.8 Å². The first-order chi connectivity index (χ1) is 13.6. The van der Waals surface area contributed by atoms with Gasteiger partial charge >= 0.3 is 0 Å². The fourth-order valence-electron chi connectivity index (χ4n) is 4.38. The Bertz CT molecular complexity index is 858. The predicted octanol–water partition coefficient (Wildman–Crippen LogP) is 2.56. The highest BCUT2D eigenvalue weighted by atomic mass is 35.5. The summed E-state index contributed by atoms with van der Waals surface area (Å²) in [6.07, 6.45) is 1.48. The van der Waals surface area contributed by atoms with Crippen LogP contribution in [-0.4, -0.2) is 40.6 Å². The summed E-state index contributed by atoms with van der Waals surface area (Å²) in [4.78, 5) is 14.3. The summed E-state index contributed by atoms with van der Waals surface area (Å²) in [5.41, 5.74) is 10.6. The number of carbonyl (C=O) groups is 1. The summed E-state index contributed by atoms with van der Waals surface area (Å²) < 4.78 is 5.67. The van der Waals surface area contributed by atoms with Crippen molar-refractivity contribution in [3.8, 4) is 5.75 Å². The number of nitrogens with two attached hydrogens (primary N) is 1. The van der Waals surface area contributed by atoms with Gasteiger partial charge in [0, 0.05) is 12.8 Å². The molecule has 2 aliphatic rings. The second kappa shape index (κ2) is 8.11. The Kier molecular flexibility index (Phi) is 5.58. The number of rotatable bonds is 5. The fraction of sp³-hybridized carbons (Fsp3) is 0.409. The van der Waals surface area contributed by atoms with E-state index < -0.39 is 18.3 Å². The van der Waals surface area contributed by atoms with Gasteiger partial charge in [-0.1, -0.05) is 36.4 Å². The number of hydrogen-bond acceptors (Lipinski definition) is 4. The van der Waals surface area contributed by atoms with Crippen molar-refractivity contribution in [3.63, 3.8) is 0 Å². The predicted molar refractivity (Wildman–Crippen MR) is 108 cm³/mol. The Morgan fingerprint density at radius 2 is 2.04 bits per heavy atom. The molecule has 2 aromatic carbocycles. The van der Waals surface area contributed by atoms with Gasteiger partial charge < -0.3 is 20.5 Å². The Morgan fingerprint density at radius 1 is 1.25 bits per heavy atom. The van der Waals surface area contributed by atoms with Gasteiger partial charge in [0.25, 0.3) is 0 Å². The first kappa shape index (κ1) is 19.2. The number of nitrogens with zero attached hydrogens (tertiary/aromatic N) is 1. The molecule has 3 N–H and O–H groups in total. The number of aryl methyl sites for hydroxylation is 1. The lowest BCUT2D eigenvalue weighted by molar-refractivity contribution is -0.137. The van der Waals surface area contributed by atoms with E-state index in [0.29, 0.717) is 19.4 Å². The number of halogens is 1. The zero-order valence-electron chi connectivity index (χ0n) is 15.7. The molecule has 1 heterocycles. The highest BCUT2D eigenvalue weighted by Crippen LogP contribution is 2.39. The standard InChI is InChI=1S/C22H25ClN2O3/c23-13-21(26)25(20(24)10-14-4-2-1-3-5-14)18-7-6-15-11-16-8-9-28-19(16)12-17(15)22(18)27/h1-5,11-12,18,20,22,27H,6-10,13,24H2. The fourth-order valence-corrected chi connectivity index (χ4v) is 4.52. The molecule has 3 atom stereocenters. The van der Waals surface area contributed by atoms with Crippen molar-refractivity contribution in [1.29, 1.82) is 0 Å². The van der Waals surface area contributed by atoms with Gasteiger partial charge in [0.15, 0.2) is 0 Å². The number of hydrogen-bond donors (Lipinski definition) is 2. The number of amides is 1. The summed E-state index contributed by atoms with van der Waals surface area (Å²) in [6.45, 7) is 0.677. The van der Waals surface area contributed by atoms with Crippen molar-refractivity contribution in [2.24, 2.45) is 5.73 Å². The molecule has 0 spiro atoms. The number of aliphatic hydroxyl groups excluding tert-OH is 1. The molecule has 1 aliphatic heterocycles. The van der Waals surface area contributed by atoms with Crippen LogP contribution in [0.25, 0.3) is 0 Å². The molecular formula is C22H25ClN2O3. The number of carbonyl (C=O) groups excluding carboxylic acids is 1. The van der Waals surface area contributed by atoms with E-state index in [9.17, 15) is 9.90 Å². The second-order valence-electron chi connectivity index (χ2n) is 7.50. The molecule has 3 unspecified atom stereocenters. The van der Waals surface area contributed by atoms with E-state index in [0.717, 1.165) is 35.3 Å². The third-order valence-corrected chi connectivity index (χ3v) is 5.98. The molecule has 0 saturated carbocycles. The summed E-state index contributed by atoms with van der Waals surface area (Å²) in [5.74, 6) is 0.420. The van der Waals surface area contributed by atoms with E-state index in [-0.39, 0.29) is 11.8 Å². The zero-order valence-corrected chi connectivity index (χ0v) is 16.4. The highest BCUT2D eigenvalue weighted by molar-refractivity contribution is 6.27. The third kappa shape index (κ3) is 3.62. The van der Waals surface area contributed by atoms with Gasteiger partial charge in [-0.05, 0) is 41.2 Å². The maximum Gasteiger partial charge on any atom is 0.239 e. The Hall–Kier alpha value is -2.08. The van der Waals surface area contributed by atoms with E-state index >= 15 is 0 Å². The SMILES string of the molecule is NC(Cc1ccccc1)N(C(=O)CCl)C1CCc2cc3c(cc2C1O)OCC3. The van der Waals surface area contributed by atoms with Gasteiger partial charge in [0.05, 0.1) is 24.9 Å². The molecule has 0 fully saturated rings. The van der Waals surface area contributed by atoms with Crippen molar-refractivity contribution in [2.75, 3.05) is 12.5 Å². The van der Waals surface area contributed by atoms with E-state index in [4.69, 9.17) is 22.1 Å². The lowest BCUT2D eigenvalue weighted by atomic mass is 9.83. The largest absolute Gasteiger partial charge is 0.493 e. The quantitative estimate of drug-likeness (QED) is 0.597. The molecular weight excluding hydrogens is 376 g/mol. The molecule has 5 nitrogen and oxygen atoms in total. The van der Waals surface area contributed by atoms with Crippen LogP contribution in [0.3, 0.4) is 0 Å². The van der Waals surface area contributed by atoms with Crippen LogP contribution in [0.4, 0.5) is 0 Å². The van der Waals surface area contributed by atoms with Crippen molar-refractivity contribution >= 4 is 17.5 Å². The minimum Gasteiger partial charge on any atom is -0.493 e. The first-order valence-electron chi connectivity index (χ1n) is 9.71. The Labute approximate surface area is 170 Å². The summed E-state index contributed by atoms with van der Waals surface area (Å²) in [7, 11) is 0. The number of alkyl halides is 1. The van der Waals surface area contributed by atoms with Gasteiger partial charge in [-0.15, -0.1) is 11.6 Å². The van der Waals surface area contributed by atoms with Crippen LogP contribution in [-0.2, 0) is 24.1 Å². The van der Waals surface area contributed by atoms with E-state index in [1.807, 2.05) is 36.4 Å². The minimum atomic E-state index is -0.813. The van der Waals surface area contributed by atoms with Crippen LogP contribution in [0, 0.1) is 0 Å². The van der Waals surface area contributed by atoms with Crippen molar-refractivity contribution in [2.45, 2.75) is 44.0 Å². The summed E-state index contributed by atoms with van der Waals surface area (Å²) in [6, 6.07) is 13.5. The van der Waals surface area contributed by atoms with Crippen molar-refractivity contribution < 1.29 is 14.6 Å². The van der Waals surface area contributed by atoms with Crippen molar-refractivity contribution in [1.82, 2.24) is 4.90 Å². The lowest BCUT2D eigenvalue weighted by Gasteiger charge is -2.41. The normalized spacial score (nSPS) is 21.4. The van der Waals surface area contributed by atoms with Gasteiger partial charge in [-0.3, -0.25) is 4.79 Å². The molecule has 0 radical (unpaired) electrons. The van der Waals surface area contributed by atoms with Crippen LogP contribution < -0.4 is 10.5 Å². The average molecular weight is 401 g/mol. The Balaban J connectivity index is 1.61. The molecule has 148 valence electrons. The van der Waals surface area contributed by atoms with Gasteiger partial charge in [-0.2, -0.15) is 0 Å². The molecule has 1 amide bonds. The minimum absolute atomic E-state index is 0.161. The molecule has 28 heavy (non-hydrogen) atoms. The number of aliphatic hydroxyl groups is 1. The third-order valence-electron chi connectivity index (χ3n) is 5.75.